The molecule has 0 aliphatic carbocycles. The number of benzene rings is 1. The van der Waals surface area contributed by atoms with E-state index in [-0.39, 0.29) is 37.1 Å². The van der Waals surface area contributed by atoms with Gasteiger partial charge in [-0.3, -0.25) is 19.5 Å². The molecule has 41 heavy (non-hydrogen) atoms. The second-order valence-electron chi connectivity index (χ2n) is 9.62. The summed E-state index contributed by atoms with van der Waals surface area (Å²) in [5.41, 5.74) is 1.43. The molecule has 2 aromatic heterocycles. The molecular weight excluding hydrogens is 539 g/mol. The van der Waals surface area contributed by atoms with E-state index < -0.39 is 24.1 Å². The van der Waals surface area contributed by atoms with Crippen molar-refractivity contribution in [1.29, 1.82) is 0 Å². The van der Waals surface area contributed by atoms with Gasteiger partial charge in [-0.1, -0.05) is 0 Å². The number of rotatable bonds is 7. The van der Waals surface area contributed by atoms with E-state index in [4.69, 9.17) is 4.74 Å². The van der Waals surface area contributed by atoms with Crippen LogP contribution in [0.2, 0.25) is 0 Å². The average Bonchev–Trinajstić information content (AvgIpc) is 3.58. The summed E-state index contributed by atoms with van der Waals surface area (Å²) in [6, 6.07) is 4.48. The lowest BCUT2D eigenvalue weighted by atomic mass is 10.2. The number of anilines is 2. The van der Waals surface area contributed by atoms with Crippen molar-refractivity contribution in [3.05, 3.63) is 54.5 Å². The van der Waals surface area contributed by atoms with Gasteiger partial charge in [0.15, 0.2) is 5.65 Å². The molecule has 1 unspecified atom stereocenters. The Balaban J connectivity index is 1.13. The molecule has 15 heteroatoms. The minimum absolute atomic E-state index is 0.0701. The fourth-order valence-electron chi connectivity index (χ4n) is 4.74. The monoisotopic (exact) mass is 568 g/mol. The van der Waals surface area contributed by atoms with Gasteiger partial charge in [0, 0.05) is 51.8 Å². The molecule has 0 spiro atoms. The molecule has 1 aromatic carbocycles. The molecule has 4 heterocycles. The number of hydrogen-bond donors (Lipinski definition) is 1. The van der Waals surface area contributed by atoms with Gasteiger partial charge < -0.3 is 33.9 Å². The number of nitrogens with zero attached hydrogens (tertiary/aromatic N) is 7. The number of likely N-dealkylation sites (N-methyl/N-ethyl adjacent to an activating group) is 1. The number of halogens is 1. The van der Waals surface area contributed by atoms with Gasteiger partial charge in [0.2, 0.25) is 5.91 Å². The molecule has 2 fully saturated rings. The van der Waals surface area contributed by atoms with Gasteiger partial charge >= 0.3 is 12.2 Å². The summed E-state index contributed by atoms with van der Waals surface area (Å²) in [6.45, 7) is 1.60. The van der Waals surface area contributed by atoms with Crippen molar-refractivity contribution < 1.29 is 33.0 Å². The van der Waals surface area contributed by atoms with Gasteiger partial charge in [0.25, 0.3) is 5.91 Å². The second-order valence-corrected chi connectivity index (χ2v) is 9.62. The van der Waals surface area contributed by atoms with Crippen LogP contribution in [-0.4, -0.2) is 114 Å². The highest BCUT2D eigenvalue weighted by Gasteiger charge is 2.33. The van der Waals surface area contributed by atoms with E-state index in [2.05, 4.69) is 20.0 Å². The highest BCUT2D eigenvalue weighted by atomic mass is 19.1. The zero-order chi connectivity index (χ0) is 29.1. The number of cyclic esters (lactones) is 1. The van der Waals surface area contributed by atoms with E-state index in [0.29, 0.717) is 43.2 Å². The Morgan fingerprint density at radius 1 is 1.22 bits per heavy atom. The fourth-order valence-corrected chi connectivity index (χ4v) is 4.74. The maximum Gasteiger partial charge on any atom is 0.414 e. The van der Waals surface area contributed by atoms with Crippen LogP contribution in [0, 0.1) is 5.82 Å². The maximum atomic E-state index is 15.1. The second kappa shape index (κ2) is 11.7. The Bertz CT molecular complexity index is 1440. The van der Waals surface area contributed by atoms with Crippen LogP contribution in [0.3, 0.4) is 0 Å². The summed E-state index contributed by atoms with van der Waals surface area (Å²) >= 11 is 0. The number of amides is 4. The Labute approximate surface area is 234 Å². The molecule has 2 aliphatic rings. The number of carbonyl (C=O) groups excluding carboxylic acids is 4. The molecule has 0 bridgehead atoms. The normalized spacial score (nSPS) is 17.0. The molecule has 2 aliphatic heterocycles. The number of ether oxygens (including phenoxy) is 2. The molecule has 1 atom stereocenters. The van der Waals surface area contributed by atoms with Crippen LogP contribution >= 0.6 is 0 Å². The molecular formula is C26H29FN8O6. The minimum Gasteiger partial charge on any atom is -0.453 e. The highest BCUT2D eigenvalue weighted by molar-refractivity contribution is 5.95. The van der Waals surface area contributed by atoms with Crippen molar-refractivity contribution in [1.82, 2.24) is 29.5 Å². The fraction of sp³-hybridized carbons (Fsp3) is 0.385. The zero-order valence-corrected chi connectivity index (χ0v) is 22.5. The van der Waals surface area contributed by atoms with Gasteiger partial charge in [0.1, 0.15) is 17.6 Å². The van der Waals surface area contributed by atoms with Gasteiger partial charge in [-0.05, 0) is 18.2 Å². The molecule has 14 nitrogen and oxygen atoms in total. The molecule has 0 saturated carbocycles. The van der Waals surface area contributed by atoms with Crippen molar-refractivity contribution in [2.45, 2.75) is 6.10 Å². The SMILES string of the molecule is COC(=O)NCC1CN(c2ccc(N3CCN(C(=O)CN(C)C(=O)c4cn5ccncc5n4)CC3)c(F)c2)C(=O)O1. The summed E-state index contributed by atoms with van der Waals surface area (Å²) in [6.07, 6.45) is 4.53. The van der Waals surface area contributed by atoms with Crippen molar-refractivity contribution in [2.75, 3.05) is 69.8 Å². The predicted octanol–water partition coefficient (Wildman–Crippen LogP) is 0.970. The van der Waals surface area contributed by atoms with Crippen molar-refractivity contribution in [3.63, 3.8) is 0 Å². The van der Waals surface area contributed by atoms with E-state index in [0.717, 1.165) is 0 Å². The summed E-state index contributed by atoms with van der Waals surface area (Å²) in [5.74, 6) is -1.11. The highest BCUT2D eigenvalue weighted by Crippen LogP contribution is 2.28. The lowest BCUT2D eigenvalue weighted by Crippen LogP contribution is -2.51. The smallest absolute Gasteiger partial charge is 0.414 e. The van der Waals surface area contributed by atoms with Crippen molar-refractivity contribution in [3.8, 4) is 0 Å². The number of nitrogens with one attached hydrogen (secondary N) is 1. The lowest BCUT2D eigenvalue weighted by molar-refractivity contribution is -0.131. The van der Waals surface area contributed by atoms with Crippen molar-refractivity contribution >= 4 is 41.0 Å². The number of aromatic nitrogens is 3. The van der Waals surface area contributed by atoms with Crippen LogP contribution in [-0.2, 0) is 14.3 Å². The Morgan fingerprint density at radius 3 is 2.71 bits per heavy atom. The third-order valence-corrected chi connectivity index (χ3v) is 6.95. The lowest BCUT2D eigenvalue weighted by Gasteiger charge is -2.37. The molecule has 216 valence electrons. The summed E-state index contributed by atoms with van der Waals surface area (Å²) in [4.78, 5) is 63.6. The van der Waals surface area contributed by atoms with E-state index in [1.165, 1.54) is 23.0 Å². The molecule has 0 radical (unpaired) electrons. The van der Waals surface area contributed by atoms with E-state index in [1.807, 2.05) is 4.90 Å². The first-order valence-corrected chi connectivity index (χ1v) is 12.9. The van der Waals surface area contributed by atoms with E-state index in [9.17, 15) is 19.2 Å². The van der Waals surface area contributed by atoms with E-state index in [1.54, 1.807) is 53.3 Å². The zero-order valence-electron chi connectivity index (χ0n) is 22.5. The van der Waals surface area contributed by atoms with Gasteiger partial charge in [0.05, 0.1) is 44.3 Å². The number of hydrogen-bond acceptors (Lipinski definition) is 9. The Hall–Kier alpha value is -4.95. The molecule has 3 aromatic rings. The molecule has 4 amide bonds. The average molecular weight is 569 g/mol. The van der Waals surface area contributed by atoms with Crippen LogP contribution in [0.5, 0.6) is 0 Å². The quantitative estimate of drug-likeness (QED) is 0.441. The van der Waals surface area contributed by atoms with Crippen molar-refractivity contribution in [2.24, 2.45) is 0 Å². The predicted molar refractivity (Wildman–Crippen MR) is 143 cm³/mol. The number of methoxy groups -OCH3 is 1. The number of fused-ring (bicyclic) bond motifs is 1. The summed E-state index contributed by atoms with van der Waals surface area (Å²) in [7, 11) is 2.78. The number of piperazine rings is 1. The van der Waals surface area contributed by atoms with Gasteiger partial charge in [-0.2, -0.15) is 0 Å². The first-order valence-electron chi connectivity index (χ1n) is 12.9. The first kappa shape index (κ1) is 27.6. The molecule has 2 saturated heterocycles. The first-order chi connectivity index (χ1) is 19.7. The third kappa shape index (κ3) is 5.97. The number of imidazole rings is 1. The van der Waals surface area contributed by atoms with Crippen LogP contribution in [0.25, 0.3) is 5.65 Å². The Morgan fingerprint density at radius 2 is 2.00 bits per heavy atom. The molecule has 5 rings (SSSR count). The Kier molecular flexibility index (Phi) is 7.85. The van der Waals surface area contributed by atoms with Crippen LogP contribution < -0.4 is 15.1 Å². The van der Waals surface area contributed by atoms with E-state index >= 15 is 4.39 Å². The van der Waals surface area contributed by atoms with Crippen LogP contribution in [0.4, 0.5) is 25.4 Å². The largest absolute Gasteiger partial charge is 0.453 e. The van der Waals surface area contributed by atoms with Crippen LogP contribution in [0.15, 0.2) is 43.0 Å². The maximum absolute atomic E-state index is 15.1. The van der Waals surface area contributed by atoms with Gasteiger partial charge in [-0.25, -0.2) is 19.0 Å². The minimum atomic E-state index is -0.640. The van der Waals surface area contributed by atoms with Crippen LogP contribution in [0.1, 0.15) is 10.5 Å². The topological polar surface area (TPSA) is 142 Å². The number of carbonyl (C=O) groups is 4. The van der Waals surface area contributed by atoms with Gasteiger partial charge in [-0.15, -0.1) is 0 Å². The standard InChI is InChI=1S/C26H29FN8O6/c1-31(24(37)20-15-34-6-5-28-13-22(34)30-20)16-23(36)33-9-7-32(8-10-33)21-4-3-17(11-19(21)27)35-14-18(41-26(35)39)12-29-25(38)40-2/h3-6,11,13,15,18H,7-10,12,14,16H2,1-2H3,(H,29,38). The molecule has 1 N–H and O–H groups in total. The summed E-state index contributed by atoms with van der Waals surface area (Å²) in [5, 5.41) is 2.47. The number of alkyl carbamates (subject to hydrolysis) is 1. The third-order valence-electron chi connectivity index (χ3n) is 6.95. The summed E-state index contributed by atoms with van der Waals surface area (Å²) < 4.78 is 26.6.